The van der Waals surface area contributed by atoms with Crippen molar-refractivity contribution in [3.05, 3.63) is 55.9 Å². The van der Waals surface area contributed by atoms with E-state index < -0.39 is 17.2 Å². The molecule has 10 heteroatoms. The molecular weight excluding hydrogens is 422 g/mol. The van der Waals surface area contributed by atoms with Crippen LogP contribution in [0.25, 0.3) is 5.69 Å². The van der Waals surface area contributed by atoms with E-state index in [1.54, 1.807) is 24.3 Å². The van der Waals surface area contributed by atoms with Gasteiger partial charge < -0.3 is 5.11 Å². The van der Waals surface area contributed by atoms with E-state index >= 15 is 0 Å². The molecule has 0 aliphatic carbocycles. The van der Waals surface area contributed by atoms with Crippen molar-refractivity contribution >= 4 is 38.3 Å². The third kappa shape index (κ3) is 3.97. The van der Waals surface area contributed by atoms with Crippen LogP contribution in [0.4, 0.5) is 5.13 Å². The molecule has 0 aliphatic rings. The molecular formula is C16H14BrN5O3S. The molecule has 0 radical (unpaired) electrons. The Kier molecular flexibility index (Phi) is 5.43. The summed E-state index contributed by atoms with van der Waals surface area (Å²) < 4.78 is 1.88. The minimum atomic E-state index is -0.674. The molecule has 3 aromatic rings. The van der Waals surface area contributed by atoms with Crippen molar-refractivity contribution in [3.8, 4) is 11.4 Å². The van der Waals surface area contributed by atoms with Crippen LogP contribution < -0.4 is 10.9 Å². The maximum absolute atomic E-state index is 12.4. The molecule has 0 aliphatic heterocycles. The molecule has 2 N–H and O–H groups in total. The number of aryl methyl sites for hydroxylation is 1. The average molecular weight is 436 g/mol. The molecule has 26 heavy (non-hydrogen) atoms. The largest absolute Gasteiger partial charge is 0.505 e. The van der Waals surface area contributed by atoms with Crippen LogP contribution in [0.1, 0.15) is 28.8 Å². The Hall–Kier alpha value is -2.59. The number of aromatic hydroxyl groups is 1. The van der Waals surface area contributed by atoms with Gasteiger partial charge in [0.2, 0.25) is 5.13 Å². The summed E-state index contributed by atoms with van der Waals surface area (Å²) in [5.41, 5.74) is -0.365. The standard InChI is InChI=1S/C16H14BrN5O3S/c1-2-3-12-19-20-16(26-12)18-15(25)14-11(23)8-13(24)22(21-14)10-6-4-9(17)5-7-10/h4-8,23H,2-3H2,1H3,(H,18,20,25). The Morgan fingerprint density at radius 3 is 2.73 bits per heavy atom. The highest BCUT2D eigenvalue weighted by atomic mass is 79.9. The number of hydrogen-bond acceptors (Lipinski definition) is 7. The number of hydrogen-bond donors (Lipinski definition) is 2. The first-order valence-corrected chi connectivity index (χ1v) is 9.32. The van der Waals surface area contributed by atoms with Gasteiger partial charge in [0.15, 0.2) is 11.4 Å². The summed E-state index contributed by atoms with van der Waals surface area (Å²) in [5, 5.41) is 25.5. The molecule has 0 unspecified atom stereocenters. The second kappa shape index (κ2) is 7.75. The smallest absolute Gasteiger partial charge is 0.281 e. The lowest BCUT2D eigenvalue weighted by molar-refractivity contribution is 0.101. The number of rotatable bonds is 5. The quantitative estimate of drug-likeness (QED) is 0.637. The van der Waals surface area contributed by atoms with Crippen LogP contribution in [0.2, 0.25) is 0 Å². The van der Waals surface area contributed by atoms with Crippen molar-refractivity contribution in [2.24, 2.45) is 0 Å². The van der Waals surface area contributed by atoms with E-state index in [4.69, 9.17) is 0 Å². The summed E-state index contributed by atoms with van der Waals surface area (Å²) >= 11 is 4.57. The highest BCUT2D eigenvalue weighted by Crippen LogP contribution is 2.20. The third-order valence-corrected chi connectivity index (χ3v) is 4.78. The van der Waals surface area contributed by atoms with Crippen LogP contribution in [0, 0.1) is 0 Å². The van der Waals surface area contributed by atoms with E-state index in [9.17, 15) is 14.7 Å². The Bertz CT molecular complexity index is 1000. The van der Waals surface area contributed by atoms with Crippen LogP contribution in [0.3, 0.4) is 0 Å². The number of halogens is 1. The molecule has 0 atom stereocenters. The van der Waals surface area contributed by atoms with Gasteiger partial charge in [0.25, 0.3) is 11.5 Å². The Labute approximate surface area is 160 Å². The van der Waals surface area contributed by atoms with Gasteiger partial charge in [-0.1, -0.05) is 34.2 Å². The molecule has 0 bridgehead atoms. The Morgan fingerprint density at radius 2 is 2.04 bits per heavy atom. The summed E-state index contributed by atoms with van der Waals surface area (Å²) in [7, 11) is 0. The maximum atomic E-state index is 12.4. The predicted molar refractivity (Wildman–Crippen MR) is 101 cm³/mol. The molecule has 2 heterocycles. The topological polar surface area (TPSA) is 110 Å². The minimum Gasteiger partial charge on any atom is -0.505 e. The minimum absolute atomic E-state index is 0.278. The fourth-order valence-corrected chi connectivity index (χ4v) is 3.25. The van der Waals surface area contributed by atoms with Gasteiger partial charge in [0, 0.05) is 17.0 Å². The number of benzene rings is 1. The second-order valence-corrected chi connectivity index (χ2v) is 7.29. The van der Waals surface area contributed by atoms with Crippen molar-refractivity contribution in [1.29, 1.82) is 0 Å². The van der Waals surface area contributed by atoms with E-state index in [0.717, 1.165) is 33.1 Å². The van der Waals surface area contributed by atoms with Gasteiger partial charge in [-0.25, -0.2) is 0 Å². The zero-order chi connectivity index (χ0) is 18.7. The zero-order valence-electron chi connectivity index (χ0n) is 13.6. The van der Waals surface area contributed by atoms with E-state index in [1.165, 1.54) is 11.3 Å². The molecule has 0 saturated heterocycles. The molecule has 3 rings (SSSR count). The van der Waals surface area contributed by atoms with Crippen LogP contribution in [-0.4, -0.2) is 31.0 Å². The first-order chi connectivity index (χ1) is 12.5. The third-order valence-electron chi connectivity index (χ3n) is 3.35. The molecule has 1 aromatic carbocycles. The van der Waals surface area contributed by atoms with E-state index in [0.29, 0.717) is 10.8 Å². The fraction of sp³-hybridized carbons (Fsp3) is 0.188. The monoisotopic (exact) mass is 435 g/mol. The summed E-state index contributed by atoms with van der Waals surface area (Å²) in [6, 6.07) is 7.77. The Morgan fingerprint density at radius 1 is 1.31 bits per heavy atom. The van der Waals surface area contributed by atoms with Crippen molar-refractivity contribution in [2.75, 3.05) is 5.32 Å². The van der Waals surface area contributed by atoms with Gasteiger partial charge in [-0.15, -0.1) is 10.2 Å². The SMILES string of the molecule is CCCc1nnc(NC(=O)c2nn(-c3ccc(Br)cc3)c(=O)cc2O)s1. The molecule has 2 aromatic heterocycles. The second-order valence-electron chi connectivity index (χ2n) is 5.31. The van der Waals surface area contributed by atoms with Crippen LogP contribution >= 0.6 is 27.3 Å². The molecule has 1 amide bonds. The van der Waals surface area contributed by atoms with Gasteiger partial charge in [-0.05, 0) is 30.7 Å². The molecule has 134 valence electrons. The summed E-state index contributed by atoms with van der Waals surface area (Å²) in [4.78, 5) is 24.5. The van der Waals surface area contributed by atoms with Gasteiger partial charge in [-0.3, -0.25) is 14.9 Å². The lowest BCUT2D eigenvalue weighted by Gasteiger charge is -2.08. The van der Waals surface area contributed by atoms with Crippen molar-refractivity contribution in [1.82, 2.24) is 20.0 Å². The summed E-state index contributed by atoms with van der Waals surface area (Å²) in [6.45, 7) is 2.02. The maximum Gasteiger partial charge on any atom is 0.281 e. The lowest BCUT2D eigenvalue weighted by atomic mass is 10.3. The molecule has 0 spiro atoms. The first-order valence-electron chi connectivity index (χ1n) is 7.71. The van der Waals surface area contributed by atoms with E-state index in [-0.39, 0.29) is 5.69 Å². The van der Waals surface area contributed by atoms with Crippen molar-refractivity contribution in [3.63, 3.8) is 0 Å². The number of carbonyl (C=O) groups excluding carboxylic acids is 1. The van der Waals surface area contributed by atoms with Crippen LogP contribution in [-0.2, 0) is 6.42 Å². The van der Waals surface area contributed by atoms with E-state index in [2.05, 4.69) is 36.5 Å². The lowest BCUT2D eigenvalue weighted by Crippen LogP contribution is -2.25. The highest BCUT2D eigenvalue weighted by molar-refractivity contribution is 9.10. The van der Waals surface area contributed by atoms with Crippen LogP contribution in [0.15, 0.2) is 39.6 Å². The predicted octanol–water partition coefficient (Wildman–Crippen LogP) is 2.76. The Balaban J connectivity index is 1.91. The molecule has 0 saturated carbocycles. The summed E-state index contributed by atoms with van der Waals surface area (Å²) in [5.74, 6) is -1.17. The number of carbonyl (C=O) groups is 1. The number of nitrogens with one attached hydrogen (secondary N) is 1. The summed E-state index contributed by atoms with van der Waals surface area (Å²) in [6.07, 6.45) is 1.69. The van der Waals surface area contributed by atoms with Gasteiger partial charge >= 0.3 is 0 Å². The van der Waals surface area contributed by atoms with Gasteiger partial charge in [-0.2, -0.15) is 9.78 Å². The molecule has 8 nitrogen and oxygen atoms in total. The van der Waals surface area contributed by atoms with Gasteiger partial charge in [0.05, 0.1) is 5.69 Å². The number of amides is 1. The zero-order valence-corrected chi connectivity index (χ0v) is 16.0. The highest BCUT2D eigenvalue weighted by Gasteiger charge is 2.18. The van der Waals surface area contributed by atoms with Crippen LogP contribution in [0.5, 0.6) is 5.75 Å². The first kappa shape index (κ1) is 18.2. The average Bonchev–Trinajstić information content (AvgIpc) is 3.03. The number of anilines is 1. The fourth-order valence-electron chi connectivity index (χ4n) is 2.15. The normalized spacial score (nSPS) is 10.7. The number of nitrogens with zero attached hydrogens (tertiary/aromatic N) is 4. The van der Waals surface area contributed by atoms with Crippen molar-refractivity contribution < 1.29 is 9.90 Å². The molecule has 0 fully saturated rings. The van der Waals surface area contributed by atoms with Gasteiger partial charge in [0.1, 0.15) is 5.01 Å². The van der Waals surface area contributed by atoms with E-state index in [1.807, 2.05) is 6.92 Å². The van der Waals surface area contributed by atoms with Crippen molar-refractivity contribution in [2.45, 2.75) is 19.8 Å². The number of aromatic nitrogens is 4.